The van der Waals surface area contributed by atoms with Gasteiger partial charge in [-0.2, -0.15) is 4.31 Å². The molecule has 0 amide bonds. The van der Waals surface area contributed by atoms with Crippen molar-refractivity contribution in [2.75, 3.05) is 50.5 Å². The lowest BCUT2D eigenvalue weighted by atomic mass is 10.2. The summed E-state index contributed by atoms with van der Waals surface area (Å²) in [6, 6.07) is 13.2. The van der Waals surface area contributed by atoms with E-state index in [4.69, 9.17) is 9.47 Å². The predicted octanol–water partition coefficient (Wildman–Crippen LogP) is 2.37. The minimum Gasteiger partial charge on any atom is -0.495 e. The maximum atomic E-state index is 12.9. The molecule has 1 heterocycles. The Balaban J connectivity index is 1.52. The molecule has 2 aromatic rings. The first kappa shape index (κ1) is 19.4. The van der Waals surface area contributed by atoms with Crippen LogP contribution in [0.2, 0.25) is 0 Å². The second kappa shape index (κ2) is 8.58. The number of methoxy groups -OCH3 is 1. The topological polar surface area (TPSA) is 59.1 Å². The Kier molecular flexibility index (Phi) is 6.18. The monoisotopic (exact) mass is 394 g/mol. The molecule has 0 N–H and O–H groups in total. The van der Waals surface area contributed by atoms with Gasteiger partial charge in [0.1, 0.15) is 23.9 Å². The van der Waals surface area contributed by atoms with Crippen molar-refractivity contribution in [1.29, 1.82) is 0 Å². The number of hydrogen-bond acceptors (Lipinski definition) is 5. The molecule has 0 atom stereocenters. The van der Waals surface area contributed by atoms with Crippen molar-refractivity contribution in [2.45, 2.75) is 0 Å². The Labute approximate surface area is 159 Å². The SMILES string of the molecule is COc1ccccc1N1CCN(S(=O)(=O)CCOc2ccc(F)cc2)CC1. The zero-order chi connectivity index (χ0) is 19.3. The van der Waals surface area contributed by atoms with Gasteiger partial charge in [-0.25, -0.2) is 12.8 Å². The third-order valence-electron chi connectivity index (χ3n) is 4.48. The lowest BCUT2D eigenvalue weighted by Crippen LogP contribution is -2.49. The van der Waals surface area contributed by atoms with Crippen LogP contribution in [0.3, 0.4) is 0 Å². The van der Waals surface area contributed by atoms with E-state index >= 15 is 0 Å². The molecule has 8 heteroatoms. The fourth-order valence-corrected chi connectivity index (χ4v) is 4.29. The maximum Gasteiger partial charge on any atom is 0.217 e. The molecule has 1 aliphatic rings. The molecule has 0 spiro atoms. The van der Waals surface area contributed by atoms with Crippen LogP contribution in [-0.2, 0) is 10.0 Å². The van der Waals surface area contributed by atoms with Gasteiger partial charge in [-0.05, 0) is 36.4 Å². The summed E-state index contributed by atoms with van der Waals surface area (Å²) < 4.78 is 50.2. The highest BCUT2D eigenvalue weighted by atomic mass is 32.2. The van der Waals surface area contributed by atoms with Gasteiger partial charge >= 0.3 is 0 Å². The molecule has 1 saturated heterocycles. The molecule has 1 fully saturated rings. The first-order chi connectivity index (χ1) is 13.0. The number of rotatable bonds is 7. The van der Waals surface area contributed by atoms with E-state index in [1.54, 1.807) is 7.11 Å². The van der Waals surface area contributed by atoms with E-state index in [1.807, 2.05) is 24.3 Å². The second-order valence-corrected chi connectivity index (χ2v) is 8.26. The van der Waals surface area contributed by atoms with Crippen LogP contribution in [-0.4, -0.2) is 58.4 Å². The molecule has 6 nitrogen and oxygen atoms in total. The molecular weight excluding hydrogens is 371 g/mol. The van der Waals surface area contributed by atoms with Crippen LogP contribution in [0.4, 0.5) is 10.1 Å². The summed E-state index contributed by atoms with van der Waals surface area (Å²) in [5.41, 5.74) is 0.969. The summed E-state index contributed by atoms with van der Waals surface area (Å²) in [7, 11) is -1.78. The fourth-order valence-electron chi connectivity index (χ4n) is 3.02. The van der Waals surface area contributed by atoms with E-state index < -0.39 is 10.0 Å². The van der Waals surface area contributed by atoms with Crippen molar-refractivity contribution in [2.24, 2.45) is 0 Å². The third kappa shape index (κ3) is 4.90. The average Bonchev–Trinajstić information content (AvgIpc) is 2.69. The summed E-state index contributed by atoms with van der Waals surface area (Å²) in [6.45, 7) is 2.05. The molecular formula is C19H23FN2O4S. The summed E-state index contributed by atoms with van der Waals surface area (Å²) in [6.07, 6.45) is 0. The molecule has 1 aliphatic heterocycles. The molecule has 0 aliphatic carbocycles. The van der Waals surface area contributed by atoms with Crippen LogP contribution in [0.25, 0.3) is 0 Å². The fraction of sp³-hybridized carbons (Fsp3) is 0.368. The molecule has 0 saturated carbocycles. The zero-order valence-electron chi connectivity index (χ0n) is 15.2. The highest BCUT2D eigenvalue weighted by Gasteiger charge is 2.27. The molecule has 2 aromatic carbocycles. The lowest BCUT2D eigenvalue weighted by molar-refractivity contribution is 0.330. The van der Waals surface area contributed by atoms with Gasteiger partial charge in [0.15, 0.2) is 0 Å². The molecule has 0 aromatic heterocycles. The van der Waals surface area contributed by atoms with Gasteiger partial charge in [-0.15, -0.1) is 0 Å². The van der Waals surface area contributed by atoms with Crippen molar-refractivity contribution in [3.63, 3.8) is 0 Å². The van der Waals surface area contributed by atoms with Crippen molar-refractivity contribution in [1.82, 2.24) is 4.31 Å². The second-order valence-electron chi connectivity index (χ2n) is 6.18. The van der Waals surface area contributed by atoms with Crippen LogP contribution in [0.5, 0.6) is 11.5 Å². The number of para-hydroxylation sites is 2. The highest BCUT2D eigenvalue weighted by molar-refractivity contribution is 7.89. The number of sulfonamides is 1. The van der Waals surface area contributed by atoms with Crippen LogP contribution in [0.15, 0.2) is 48.5 Å². The van der Waals surface area contributed by atoms with Crippen LogP contribution in [0, 0.1) is 5.82 Å². The van der Waals surface area contributed by atoms with Crippen molar-refractivity contribution >= 4 is 15.7 Å². The maximum absolute atomic E-state index is 12.9. The highest BCUT2D eigenvalue weighted by Crippen LogP contribution is 2.28. The first-order valence-electron chi connectivity index (χ1n) is 8.74. The lowest BCUT2D eigenvalue weighted by Gasteiger charge is -2.35. The largest absolute Gasteiger partial charge is 0.495 e. The van der Waals surface area contributed by atoms with E-state index in [2.05, 4.69) is 4.90 Å². The normalized spacial score (nSPS) is 15.6. The number of hydrogen-bond donors (Lipinski definition) is 0. The minimum absolute atomic E-state index is 0.0285. The Bertz CT molecular complexity index is 850. The van der Waals surface area contributed by atoms with E-state index in [-0.39, 0.29) is 18.2 Å². The number of ether oxygens (including phenoxy) is 2. The van der Waals surface area contributed by atoms with Gasteiger partial charge in [-0.3, -0.25) is 0 Å². The van der Waals surface area contributed by atoms with E-state index in [0.717, 1.165) is 11.4 Å². The van der Waals surface area contributed by atoms with Crippen molar-refractivity contribution in [3.8, 4) is 11.5 Å². The van der Waals surface area contributed by atoms with Gasteiger partial charge < -0.3 is 14.4 Å². The number of nitrogens with zero attached hydrogens (tertiary/aromatic N) is 2. The average molecular weight is 394 g/mol. The molecule has 3 rings (SSSR count). The molecule has 0 bridgehead atoms. The Morgan fingerprint density at radius 1 is 1.00 bits per heavy atom. The standard InChI is InChI=1S/C19H23FN2O4S/c1-25-19-5-3-2-4-18(19)21-10-12-22(13-11-21)27(23,24)15-14-26-17-8-6-16(20)7-9-17/h2-9H,10-15H2,1H3. The third-order valence-corrected chi connectivity index (χ3v) is 6.32. The van der Waals surface area contributed by atoms with Crippen LogP contribution >= 0.6 is 0 Å². The molecule has 0 unspecified atom stereocenters. The van der Waals surface area contributed by atoms with Gasteiger partial charge in [-0.1, -0.05) is 12.1 Å². The Morgan fingerprint density at radius 3 is 2.33 bits per heavy atom. The zero-order valence-corrected chi connectivity index (χ0v) is 16.0. The molecule has 146 valence electrons. The number of piperazine rings is 1. The molecule has 0 radical (unpaired) electrons. The van der Waals surface area contributed by atoms with Gasteiger partial charge in [0.25, 0.3) is 0 Å². The van der Waals surface area contributed by atoms with E-state index in [1.165, 1.54) is 28.6 Å². The van der Waals surface area contributed by atoms with Crippen molar-refractivity contribution in [3.05, 3.63) is 54.3 Å². The summed E-state index contributed by atoms with van der Waals surface area (Å²) in [5, 5.41) is 0. The molecule has 27 heavy (non-hydrogen) atoms. The van der Waals surface area contributed by atoms with Crippen LogP contribution in [0.1, 0.15) is 0 Å². The predicted molar refractivity (Wildman–Crippen MR) is 102 cm³/mol. The quantitative estimate of drug-likeness (QED) is 0.722. The number of benzene rings is 2. The summed E-state index contributed by atoms with van der Waals surface area (Å²) in [4.78, 5) is 2.12. The van der Waals surface area contributed by atoms with E-state index in [9.17, 15) is 12.8 Å². The summed E-state index contributed by atoms with van der Waals surface area (Å²) in [5.74, 6) is 0.760. The smallest absolute Gasteiger partial charge is 0.217 e. The Hall–Kier alpha value is -2.32. The number of anilines is 1. The summed E-state index contributed by atoms with van der Waals surface area (Å²) >= 11 is 0. The van der Waals surface area contributed by atoms with Gasteiger partial charge in [0.05, 0.1) is 18.6 Å². The van der Waals surface area contributed by atoms with Gasteiger partial charge in [0, 0.05) is 26.2 Å². The van der Waals surface area contributed by atoms with E-state index in [0.29, 0.717) is 31.9 Å². The first-order valence-corrected chi connectivity index (χ1v) is 10.3. The Morgan fingerprint density at radius 2 is 1.67 bits per heavy atom. The number of halogens is 1. The van der Waals surface area contributed by atoms with Crippen LogP contribution < -0.4 is 14.4 Å². The van der Waals surface area contributed by atoms with Gasteiger partial charge in [0.2, 0.25) is 10.0 Å². The minimum atomic E-state index is -3.41. The van der Waals surface area contributed by atoms with Crippen molar-refractivity contribution < 1.29 is 22.3 Å².